The van der Waals surface area contributed by atoms with Crippen molar-refractivity contribution in [3.8, 4) is 0 Å². The summed E-state index contributed by atoms with van der Waals surface area (Å²) >= 11 is 2.28. The molecule has 0 bridgehead atoms. The van der Waals surface area contributed by atoms with Crippen LogP contribution in [0.4, 0.5) is 0 Å². The maximum Gasteiger partial charge on any atom is 0.137 e. The van der Waals surface area contributed by atoms with Crippen molar-refractivity contribution in [2.75, 3.05) is 0 Å². The summed E-state index contributed by atoms with van der Waals surface area (Å²) in [6.07, 6.45) is 3.97. The summed E-state index contributed by atoms with van der Waals surface area (Å²) in [6, 6.07) is 4.30. The Morgan fingerprint density at radius 1 is 1.46 bits per heavy atom. The molecule has 2 rings (SSSR count). The van der Waals surface area contributed by atoms with E-state index >= 15 is 0 Å². The Kier molecular flexibility index (Phi) is 2.27. The van der Waals surface area contributed by atoms with E-state index in [0.717, 1.165) is 9.35 Å². The minimum atomic E-state index is 0.569. The summed E-state index contributed by atoms with van der Waals surface area (Å²) in [7, 11) is 0. The fourth-order valence-electron chi connectivity index (χ4n) is 1.32. The molecule has 0 amide bonds. The van der Waals surface area contributed by atoms with E-state index in [-0.39, 0.29) is 0 Å². The first-order valence-electron chi connectivity index (χ1n) is 4.31. The monoisotopic (exact) mass is 286 g/mol. The van der Waals surface area contributed by atoms with Gasteiger partial charge in [0, 0.05) is 6.20 Å². The van der Waals surface area contributed by atoms with E-state index in [2.05, 4.69) is 64.2 Å². The summed E-state index contributed by atoms with van der Waals surface area (Å²) < 4.78 is 3.25. The molecule has 0 aliphatic heterocycles. The first-order valence-corrected chi connectivity index (χ1v) is 5.39. The maximum absolute atomic E-state index is 4.32. The van der Waals surface area contributed by atoms with E-state index < -0.39 is 0 Å². The van der Waals surface area contributed by atoms with Gasteiger partial charge >= 0.3 is 0 Å². The number of rotatable bonds is 1. The van der Waals surface area contributed by atoms with Crippen molar-refractivity contribution in [2.45, 2.75) is 19.8 Å². The zero-order chi connectivity index (χ0) is 9.42. The van der Waals surface area contributed by atoms with Crippen molar-refractivity contribution in [3.05, 3.63) is 33.8 Å². The lowest BCUT2D eigenvalue weighted by atomic mass is 10.1. The van der Waals surface area contributed by atoms with Crippen molar-refractivity contribution in [2.24, 2.45) is 0 Å². The molecular weight excluding hydrogens is 275 g/mol. The van der Waals surface area contributed by atoms with Crippen LogP contribution in [0.15, 0.2) is 24.5 Å². The van der Waals surface area contributed by atoms with Gasteiger partial charge in [-0.25, -0.2) is 4.98 Å². The second kappa shape index (κ2) is 3.29. The van der Waals surface area contributed by atoms with Gasteiger partial charge in [0.2, 0.25) is 0 Å². The van der Waals surface area contributed by atoms with Gasteiger partial charge < -0.3 is 0 Å². The smallest absolute Gasteiger partial charge is 0.137 e. The molecule has 0 spiro atoms. The molecule has 0 aliphatic rings. The fraction of sp³-hybridized carbons (Fsp3) is 0.300. The highest BCUT2D eigenvalue weighted by Gasteiger charge is 2.03. The van der Waals surface area contributed by atoms with Crippen LogP contribution >= 0.6 is 22.6 Å². The minimum absolute atomic E-state index is 0.569. The molecule has 0 saturated heterocycles. The van der Waals surface area contributed by atoms with Crippen LogP contribution in [0.5, 0.6) is 0 Å². The van der Waals surface area contributed by atoms with E-state index in [9.17, 15) is 0 Å². The Morgan fingerprint density at radius 3 is 2.92 bits per heavy atom. The SMILES string of the molecule is CC(C)c1ccn2c(I)cnc2c1. The third-order valence-corrected chi connectivity index (χ3v) is 2.96. The average molecular weight is 286 g/mol. The molecule has 0 saturated carbocycles. The van der Waals surface area contributed by atoms with Crippen molar-refractivity contribution in [1.82, 2.24) is 9.38 Å². The number of hydrogen-bond donors (Lipinski definition) is 0. The molecule has 0 N–H and O–H groups in total. The highest BCUT2D eigenvalue weighted by atomic mass is 127. The zero-order valence-corrected chi connectivity index (χ0v) is 9.82. The summed E-state index contributed by atoms with van der Waals surface area (Å²) in [5.41, 5.74) is 2.38. The Labute approximate surface area is 91.1 Å². The molecule has 2 aromatic rings. The van der Waals surface area contributed by atoms with Crippen molar-refractivity contribution < 1.29 is 0 Å². The molecule has 0 atom stereocenters. The quantitative estimate of drug-likeness (QED) is 0.736. The zero-order valence-electron chi connectivity index (χ0n) is 7.66. The summed E-state index contributed by atoms with van der Waals surface area (Å²) in [4.78, 5) is 4.32. The number of pyridine rings is 1. The predicted molar refractivity (Wildman–Crippen MR) is 62.0 cm³/mol. The van der Waals surface area contributed by atoms with Gasteiger partial charge in [-0.15, -0.1) is 0 Å². The number of nitrogens with zero attached hydrogens (tertiary/aromatic N) is 2. The van der Waals surface area contributed by atoms with E-state index in [1.54, 1.807) is 0 Å². The van der Waals surface area contributed by atoms with Crippen LogP contribution in [-0.4, -0.2) is 9.38 Å². The molecule has 0 aromatic carbocycles. The third-order valence-electron chi connectivity index (χ3n) is 2.16. The molecule has 2 heterocycles. The highest BCUT2D eigenvalue weighted by Crippen LogP contribution is 2.17. The molecule has 0 unspecified atom stereocenters. The Hall–Kier alpha value is -0.580. The van der Waals surface area contributed by atoms with Crippen LogP contribution in [0.25, 0.3) is 5.65 Å². The Morgan fingerprint density at radius 2 is 2.23 bits per heavy atom. The topological polar surface area (TPSA) is 17.3 Å². The van der Waals surface area contributed by atoms with Gasteiger partial charge in [0.1, 0.15) is 9.35 Å². The Bertz CT molecular complexity index is 431. The number of imidazole rings is 1. The summed E-state index contributed by atoms with van der Waals surface area (Å²) in [5, 5.41) is 0. The van der Waals surface area contributed by atoms with Crippen LogP contribution < -0.4 is 0 Å². The molecule has 0 fully saturated rings. The van der Waals surface area contributed by atoms with Gasteiger partial charge in [0.15, 0.2) is 0 Å². The third kappa shape index (κ3) is 1.57. The lowest BCUT2D eigenvalue weighted by Crippen LogP contribution is -1.91. The molecule has 13 heavy (non-hydrogen) atoms. The molecular formula is C10H11IN2. The average Bonchev–Trinajstić information content (AvgIpc) is 2.47. The van der Waals surface area contributed by atoms with Gasteiger partial charge in [-0.3, -0.25) is 4.40 Å². The van der Waals surface area contributed by atoms with Crippen molar-refractivity contribution >= 4 is 28.2 Å². The summed E-state index contributed by atoms with van der Waals surface area (Å²) in [5.74, 6) is 0.569. The maximum atomic E-state index is 4.32. The van der Waals surface area contributed by atoms with Gasteiger partial charge in [-0.05, 0) is 46.2 Å². The van der Waals surface area contributed by atoms with Crippen molar-refractivity contribution in [1.29, 1.82) is 0 Å². The number of aromatic nitrogens is 2. The fourth-order valence-corrected chi connectivity index (χ4v) is 1.87. The van der Waals surface area contributed by atoms with E-state index in [1.165, 1.54) is 5.56 Å². The molecule has 0 aliphatic carbocycles. The van der Waals surface area contributed by atoms with Gasteiger partial charge in [-0.1, -0.05) is 13.8 Å². The van der Waals surface area contributed by atoms with Gasteiger partial charge in [-0.2, -0.15) is 0 Å². The van der Waals surface area contributed by atoms with Crippen LogP contribution in [0.2, 0.25) is 0 Å². The first-order chi connectivity index (χ1) is 6.18. The predicted octanol–water partition coefficient (Wildman–Crippen LogP) is 3.06. The number of halogens is 1. The number of hydrogen-bond acceptors (Lipinski definition) is 1. The lowest BCUT2D eigenvalue weighted by Gasteiger charge is -2.04. The molecule has 2 aromatic heterocycles. The Balaban J connectivity index is 2.63. The highest BCUT2D eigenvalue weighted by molar-refractivity contribution is 14.1. The van der Waals surface area contributed by atoms with Gasteiger partial charge in [0.05, 0.1) is 6.20 Å². The van der Waals surface area contributed by atoms with E-state index in [4.69, 9.17) is 0 Å². The van der Waals surface area contributed by atoms with Crippen LogP contribution in [0.3, 0.4) is 0 Å². The largest absolute Gasteiger partial charge is 0.295 e. The number of fused-ring (bicyclic) bond motifs is 1. The van der Waals surface area contributed by atoms with Crippen LogP contribution in [0.1, 0.15) is 25.3 Å². The van der Waals surface area contributed by atoms with E-state index in [0.29, 0.717) is 5.92 Å². The second-order valence-corrected chi connectivity index (χ2v) is 4.53. The summed E-state index contributed by atoms with van der Waals surface area (Å²) in [6.45, 7) is 4.39. The van der Waals surface area contributed by atoms with Crippen LogP contribution in [0, 0.1) is 3.70 Å². The minimum Gasteiger partial charge on any atom is -0.295 e. The first kappa shape index (κ1) is 8.99. The van der Waals surface area contributed by atoms with Crippen molar-refractivity contribution in [3.63, 3.8) is 0 Å². The standard InChI is InChI=1S/C10H11IN2/c1-7(2)8-3-4-13-9(11)6-12-10(13)5-8/h3-7H,1-2H3. The second-order valence-electron chi connectivity index (χ2n) is 3.42. The molecule has 0 radical (unpaired) electrons. The van der Waals surface area contributed by atoms with Gasteiger partial charge in [0.25, 0.3) is 0 Å². The van der Waals surface area contributed by atoms with Crippen LogP contribution in [-0.2, 0) is 0 Å². The lowest BCUT2D eigenvalue weighted by molar-refractivity contribution is 0.862. The molecule has 3 heteroatoms. The normalized spacial score (nSPS) is 11.4. The molecule has 2 nitrogen and oxygen atoms in total. The molecule has 68 valence electrons. The van der Waals surface area contributed by atoms with E-state index in [1.807, 2.05) is 6.20 Å².